The van der Waals surface area contributed by atoms with Gasteiger partial charge in [-0.1, -0.05) is 44.6 Å². The number of hydrogen-bond donors (Lipinski definition) is 1. The molecule has 0 saturated carbocycles. The topological polar surface area (TPSA) is 72.7 Å². The fourth-order valence-corrected chi connectivity index (χ4v) is 3.57. The van der Waals surface area contributed by atoms with Crippen LogP contribution in [0.4, 0.5) is 5.13 Å². The second kappa shape index (κ2) is 6.38. The van der Waals surface area contributed by atoms with Gasteiger partial charge in [-0.25, -0.2) is 9.67 Å². The van der Waals surface area contributed by atoms with E-state index < -0.39 is 0 Å². The Kier molecular flexibility index (Phi) is 4.06. The summed E-state index contributed by atoms with van der Waals surface area (Å²) in [6, 6.07) is 15.4. The highest BCUT2D eigenvalue weighted by Gasteiger charge is 2.18. The molecule has 25 heavy (non-hydrogen) atoms. The highest BCUT2D eigenvalue weighted by atomic mass is 79.9. The van der Waals surface area contributed by atoms with Gasteiger partial charge in [0.1, 0.15) is 0 Å². The van der Waals surface area contributed by atoms with E-state index in [9.17, 15) is 4.79 Å². The molecule has 0 bridgehead atoms. The number of carbonyl (C=O) groups excluding carboxylic acids is 1. The Hall–Kier alpha value is -2.58. The van der Waals surface area contributed by atoms with Gasteiger partial charge < -0.3 is 0 Å². The number of amides is 1. The molecule has 1 N–H and O–H groups in total. The normalized spacial score (nSPS) is 11.0. The minimum Gasteiger partial charge on any atom is -0.296 e. The first kappa shape index (κ1) is 15.9. The number of benzene rings is 2. The molecule has 0 aliphatic rings. The van der Waals surface area contributed by atoms with Crippen molar-refractivity contribution in [1.29, 1.82) is 0 Å². The van der Waals surface area contributed by atoms with Gasteiger partial charge in [0.15, 0.2) is 10.8 Å². The Morgan fingerprint density at radius 3 is 2.68 bits per heavy atom. The summed E-state index contributed by atoms with van der Waals surface area (Å²) < 4.78 is 3.63. The molecule has 0 saturated heterocycles. The summed E-state index contributed by atoms with van der Waals surface area (Å²) in [7, 11) is 0. The first-order chi connectivity index (χ1) is 12.1. The maximum Gasteiger partial charge on any atom is 0.279 e. The van der Waals surface area contributed by atoms with Crippen LogP contribution in [-0.2, 0) is 0 Å². The number of nitrogens with one attached hydrogen (secondary N) is 1. The van der Waals surface area contributed by atoms with Crippen molar-refractivity contribution in [2.45, 2.75) is 6.92 Å². The third kappa shape index (κ3) is 3.06. The number of thiazole rings is 1. The van der Waals surface area contributed by atoms with Crippen LogP contribution in [0.25, 0.3) is 15.9 Å². The van der Waals surface area contributed by atoms with Crippen LogP contribution in [0, 0.1) is 6.92 Å². The summed E-state index contributed by atoms with van der Waals surface area (Å²) in [6.07, 6.45) is 0. The molecular formula is C17H12BrN5OS. The number of halogens is 1. The molecule has 1 amide bonds. The van der Waals surface area contributed by atoms with E-state index in [2.05, 4.69) is 36.5 Å². The number of carbonyl (C=O) groups is 1. The molecule has 2 heterocycles. The summed E-state index contributed by atoms with van der Waals surface area (Å²) in [5.41, 5.74) is 2.65. The average Bonchev–Trinajstić information content (AvgIpc) is 3.18. The lowest BCUT2D eigenvalue weighted by Crippen LogP contribution is -2.14. The van der Waals surface area contributed by atoms with E-state index in [0.29, 0.717) is 10.8 Å². The quantitative estimate of drug-likeness (QED) is 0.546. The van der Waals surface area contributed by atoms with Gasteiger partial charge in [0.25, 0.3) is 5.91 Å². The Labute approximate surface area is 155 Å². The molecule has 8 heteroatoms. The Bertz CT molecular complexity index is 1040. The zero-order valence-electron chi connectivity index (χ0n) is 13.1. The van der Waals surface area contributed by atoms with Crippen molar-refractivity contribution in [3.8, 4) is 5.69 Å². The summed E-state index contributed by atoms with van der Waals surface area (Å²) in [5.74, 6) is -0.320. The Morgan fingerprint density at radius 1 is 1.16 bits per heavy atom. The summed E-state index contributed by atoms with van der Waals surface area (Å²) in [5, 5.41) is 11.5. The van der Waals surface area contributed by atoms with Crippen molar-refractivity contribution in [1.82, 2.24) is 20.0 Å². The van der Waals surface area contributed by atoms with E-state index in [0.717, 1.165) is 20.4 Å². The van der Waals surface area contributed by atoms with Crippen molar-refractivity contribution in [3.05, 3.63) is 64.4 Å². The van der Waals surface area contributed by atoms with Crippen LogP contribution in [-0.4, -0.2) is 25.9 Å². The number of para-hydroxylation sites is 1. The molecule has 2 aromatic carbocycles. The SMILES string of the molecule is Cc1c(C(=O)Nc2nc3ccccc3s2)nnn1-c1ccc(Br)cc1. The van der Waals surface area contributed by atoms with Gasteiger partial charge in [0.2, 0.25) is 0 Å². The second-order valence-electron chi connectivity index (χ2n) is 5.35. The predicted molar refractivity (Wildman–Crippen MR) is 101 cm³/mol. The molecule has 4 aromatic rings. The lowest BCUT2D eigenvalue weighted by molar-refractivity contribution is 0.102. The highest BCUT2D eigenvalue weighted by molar-refractivity contribution is 9.10. The number of fused-ring (bicyclic) bond motifs is 1. The third-order valence-corrected chi connectivity index (χ3v) is 5.18. The Balaban J connectivity index is 1.61. The fraction of sp³-hybridized carbons (Fsp3) is 0.0588. The van der Waals surface area contributed by atoms with E-state index in [1.807, 2.05) is 55.5 Å². The highest BCUT2D eigenvalue weighted by Crippen LogP contribution is 2.26. The van der Waals surface area contributed by atoms with Gasteiger partial charge in [-0.2, -0.15) is 0 Å². The van der Waals surface area contributed by atoms with E-state index in [-0.39, 0.29) is 11.6 Å². The molecular weight excluding hydrogens is 402 g/mol. The molecule has 6 nitrogen and oxygen atoms in total. The van der Waals surface area contributed by atoms with Crippen molar-refractivity contribution >= 4 is 48.5 Å². The van der Waals surface area contributed by atoms with Crippen LogP contribution in [0.1, 0.15) is 16.2 Å². The number of aromatic nitrogens is 4. The zero-order valence-corrected chi connectivity index (χ0v) is 15.5. The predicted octanol–water partition coefficient (Wildman–Crippen LogP) is 4.20. The average molecular weight is 414 g/mol. The van der Waals surface area contributed by atoms with Gasteiger partial charge in [0, 0.05) is 4.47 Å². The van der Waals surface area contributed by atoms with Gasteiger partial charge in [0.05, 0.1) is 21.6 Å². The van der Waals surface area contributed by atoms with Crippen molar-refractivity contribution in [2.24, 2.45) is 0 Å². The van der Waals surface area contributed by atoms with E-state index >= 15 is 0 Å². The Morgan fingerprint density at radius 2 is 1.92 bits per heavy atom. The minimum absolute atomic E-state index is 0.280. The lowest BCUT2D eigenvalue weighted by atomic mass is 10.3. The standard InChI is InChI=1S/C17H12BrN5OS/c1-10-15(21-22-23(10)12-8-6-11(18)7-9-12)16(24)20-17-19-13-4-2-3-5-14(13)25-17/h2-9H,1H3,(H,19,20,24). The first-order valence-corrected chi connectivity index (χ1v) is 9.08. The van der Waals surface area contributed by atoms with Gasteiger partial charge >= 0.3 is 0 Å². The molecule has 124 valence electrons. The molecule has 0 aliphatic heterocycles. The lowest BCUT2D eigenvalue weighted by Gasteiger charge is -2.03. The third-order valence-electron chi connectivity index (χ3n) is 3.70. The minimum atomic E-state index is -0.320. The van der Waals surface area contributed by atoms with Crippen molar-refractivity contribution < 1.29 is 4.79 Å². The van der Waals surface area contributed by atoms with Crippen LogP contribution in [0.15, 0.2) is 53.0 Å². The molecule has 2 aromatic heterocycles. The number of anilines is 1. The van der Waals surface area contributed by atoms with Gasteiger partial charge in [-0.15, -0.1) is 5.10 Å². The van der Waals surface area contributed by atoms with E-state index in [4.69, 9.17) is 0 Å². The molecule has 0 aliphatic carbocycles. The molecule has 0 unspecified atom stereocenters. The molecule has 0 radical (unpaired) electrons. The number of nitrogens with zero attached hydrogens (tertiary/aromatic N) is 4. The molecule has 4 rings (SSSR count). The van der Waals surface area contributed by atoms with Gasteiger partial charge in [-0.3, -0.25) is 10.1 Å². The second-order valence-corrected chi connectivity index (χ2v) is 7.30. The number of hydrogen-bond acceptors (Lipinski definition) is 5. The van der Waals surface area contributed by atoms with Crippen LogP contribution in [0.2, 0.25) is 0 Å². The first-order valence-electron chi connectivity index (χ1n) is 7.47. The van der Waals surface area contributed by atoms with Crippen LogP contribution < -0.4 is 5.32 Å². The monoisotopic (exact) mass is 413 g/mol. The molecule has 0 atom stereocenters. The maximum absolute atomic E-state index is 12.5. The van der Waals surface area contributed by atoms with E-state index in [1.165, 1.54) is 11.3 Å². The fourth-order valence-electron chi connectivity index (χ4n) is 2.45. The summed E-state index contributed by atoms with van der Waals surface area (Å²) in [4.78, 5) is 17.0. The summed E-state index contributed by atoms with van der Waals surface area (Å²) >= 11 is 4.83. The molecule has 0 spiro atoms. The largest absolute Gasteiger partial charge is 0.296 e. The zero-order chi connectivity index (χ0) is 17.4. The van der Waals surface area contributed by atoms with Crippen molar-refractivity contribution in [2.75, 3.05) is 5.32 Å². The number of rotatable bonds is 3. The van der Waals surface area contributed by atoms with E-state index in [1.54, 1.807) is 4.68 Å². The smallest absolute Gasteiger partial charge is 0.279 e. The molecule has 0 fully saturated rings. The summed E-state index contributed by atoms with van der Waals surface area (Å²) in [6.45, 7) is 1.81. The van der Waals surface area contributed by atoms with Gasteiger partial charge in [-0.05, 0) is 43.3 Å². The maximum atomic E-state index is 12.5. The van der Waals surface area contributed by atoms with Crippen LogP contribution in [0.3, 0.4) is 0 Å². The van der Waals surface area contributed by atoms with Crippen LogP contribution in [0.5, 0.6) is 0 Å². The van der Waals surface area contributed by atoms with Crippen LogP contribution >= 0.6 is 27.3 Å². The van der Waals surface area contributed by atoms with Crippen molar-refractivity contribution in [3.63, 3.8) is 0 Å².